The van der Waals surface area contributed by atoms with E-state index in [1.807, 2.05) is 0 Å². The first kappa shape index (κ1) is 15.3. The molecular weight excluding hydrogens is 234 g/mol. The Kier molecular flexibility index (Phi) is 6.11. The Bertz CT molecular complexity index is 240. The van der Waals surface area contributed by atoms with Crippen molar-refractivity contribution >= 4 is 0 Å². The largest absolute Gasteiger partial charge is 0.312 e. The van der Waals surface area contributed by atoms with Gasteiger partial charge in [-0.2, -0.15) is 0 Å². The molecule has 0 spiro atoms. The number of hydrogen-bond donors (Lipinski definition) is 1. The average molecular weight is 267 g/mol. The van der Waals surface area contributed by atoms with Crippen molar-refractivity contribution in [3.8, 4) is 0 Å². The quantitative estimate of drug-likeness (QED) is 0.796. The van der Waals surface area contributed by atoms with Crippen LogP contribution in [0.1, 0.15) is 46.5 Å². The van der Waals surface area contributed by atoms with E-state index in [0.29, 0.717) is 0 Å². The van der Waals surface area contributed by atoms with Gasteiger partial charge in [-0.05, 0) is 64.3 Å². The maximum absolute atomic E-state index is 3.86. The minimum Gasteiger partial charge on any atom is -0.312 e. The molecule has 1 N–H and O–H groups in total. The normalized spacial score (nSPS) is 25.3. The van der Waals surface area contributed by atoms with Gasteiger partial charge in [-0.1, -0.05) is 20.8 Å². The lowest BCUT2D eigenvalue weighted by atomic mass is 10.0. The van der Waals surface area contributed by atoms with Gasteiger partial charge in [0.2, 0.25) is 0 Å². The average Bonchev–Trinajstić information content (AvgIpc) is 2.93. The van der Waals surface area contributed by atoms with Gasteiger partial charge < -0.3 is 10.2 Å². The van der Waals surface area contributed by atoms with Gasteiger partial charge in [0.1, 0.15) is 0 Å². The summed E-state index contributed by atoms with van der Waals surface area (Å²) in [5.74, 6) is 0.765. The highest BCUT2D eigenvalue weighted by Gasteiger charge is 2.26. The number of likely N-dealkylation sites (tertiary alicyclic amines) is 2. The second kappa shape index (κ2) is 7.61. The maximum atomic E-state index is 3.86. The van der Waals surface area contributed by atoms with E-state index >= 15 is 0 Å². The molecule has 2 aliphatic rings. The highest BCUT2D eigenvalue weighted by Crippen LogP contribution is 2.18. The fourth-order valence-electron chi connectivity index (χ4n) is 3.60. The van der Waals surface area contributed by atoms with Gasteiger partial charge in [-0.15, -0.1) is 0 Å². The molecule has 0 aromatic rings. The Morgan fingerprint density at radius 3 is 2.21 bits per heavy atom. The van der Waals surface area contributed by atoms with Crippen LogP contribution in [0.2, 0.25) is 0 Å². The highest BCUT2D eigenvalue weighted by atomic mass is 15.2. The molecular formula is C16H33N3. The summed E-state index contributed by atoms with van der Waals surface area (Å²) < 4.78 is 0. The van der Waals surface area contributed by atoms with Crippen molar-refractivity contribution < 1.29 is 0 Å². The van der Waals surface area contributed by atoms with Gasteiger partial charge in [0.25, 0.3) is 0 Å². The van der Waals surface area contributed by atoms with Crippen molar-refractivity contribution in [2.24, 2.45) is 5.92 Å². The van der Waals surface area contributed by atoms with Crippen LogP contribution in [0.5, 0.6) is 0 Å². The molecule has 0 amide bonds. The van der Waals surface area contributed by atoms with Crippen molar-refractivity contribution in [1.29, 1.82) is 0 Å². The molecule has 2 heterocycles. The first-order valence-electron chi connectivity index (χ1n) is 8.40. The van der Waals surface area contributed by atoms with Crippen LogP contribution < -0.4 is 5.32 Å². The molecule has 0 aliphatic carbocycles. The van der Waals surface area contributed by atoms with E-state index in [4.69, 9.17) is 0 Å². The molecule has 2 saturated heterocycles. The maximum Gasteiger partial charge on any atom is 0.0243 e. The van der Waals surface area contributed by atoms with Crippen LogP contribution in [0.3, 0.4) is 0 Å². The number of nitrogens with one attached hydrogen (secondary N) is 1. The Hall–Kier alpha value is -0.120. The van der Waals surface area contributed by atoms with Gasteiger partial charge in [0, 0.05) is 18.6 Å². The van der Waals surface area contributed by atoms with E-state index < -0.39 is 0 Å². The second-order valence-electron chi connectivity index (χ2n) is 6.67. The molecule has 19 heavy (non-hydrogen) atoms. The van der Waals surface area contributed by atoms with E-state index in [-0.39, 0.29) is 0 Å². The van der Waals surface area contributed by atoms with Crippen LogP contribution in [0.15, 0.2) is 0 Å². The van der Waals surface area contributed by atoms with Crippen LogP contribution in [-0.4, -0.2) is 61.2 Å². The Morgan fingerprint density at radius 1 is 1.05 bits per heavy atom. The molecule has 2 rings (SSSR count). The molecule has 2 aliphatic heterocycles. The number of rotatable bonds is 6. The molecule has 0 bridgehead atoms. The summed E-state index contributed by atoms with van der Waals surface area (Å²) in [4.78, 5) is 5.28. The van der Waals surface area contributed by atoms with Crippen LogP contribution in [0.4, 0.5) is 0 Å². The van der Waals surface area contributed by atoms with Crippen LogP contribution >= 0.6 is 0 Å². The summed E-state index contributed by atoms with van der Waals surface area (Å²) in [7, 11) is 0. The molecule has 1 unspecified atom stereocenters. The summed E-state index contributed by atoms with van der Waals surface area (Å²) in [5.41, 5.74) is 0. The van der Waals surface area contributed by atoms with E-state index in [1.54, 1.807) is 0 Å². The van der Waals surface area contributed by atoms with Crippen molar-refractivity contribution in [3.63, 3.8) is 0 Å². The SMILES string of the molecule is CCN1CCC(NCC(C(C)C)N2CCCC2)CC1. The third-order valence-electron chi connectivity index (χ3n) is 5.03. The highest BCUT2D eigenvalue weighted by molar-refractivity contribution is 4.84. The first-order chi connectivity index (χ1) is 9.20. The van der Waals surface area contributed by atoms with Crippen molar-refractivity contribution in [2.45, 2.75) is 58.5 Å². The number of hydrogen-bond acceptors (Lipinski definition) is 3. The third-order valence-corrected chi connectivity index (χ3v) is 5.03. The Balaban J connectivity index is 1.73. The summed E-state index contributed by atoms with van der Waals surface area (Å²) in [6, 6.07) is 1.50. The van der Waals surface area contributed by atoms with Crippen LogP contribution in [-0.2, 0) is 0 Å². The molecule has 2 fully saturated rings. The minimum absolute atomic E-state index is 0.742. The summed E-state index contributed by atoms with van der Waals surface area (Å²) in [6.07, 6.45) is 5.47. The minimum atomic E-state index is 0.742. The van der Waals surface area contributed by atoms with Gasteiger partial charge in [-0.3, -0.25) is 4.90 Å². The standard InChI is InChI=1S/C16H33N3/c1-4-18-11-7-15(8-12-18)17-13-16(14(2)3)19-9-5-6-10-19/h14-17H,4-13H2,1-3H3. The van der Waals surface area contributed by atoms with E-state index in [0.717, 1.165) is 18.0 Å². The van der Waals surface area contributed by atoms with E-state index in [2.05, 4.69) is 35.9 Å². The van der Waals surface area contributed by atoms with Gasteiger partial charge in [0.05, 0.1) is 0 Å². The molecule has 0 aromatic carbocycles. The smallest absolute Gasteiger partial charge is 0.0243 e. The topological polar surface area (TPSA) is 18.5 Å². The molecule has 0 radical (unpaired) electrons. The molecule has 3 heteroatoms. The summed E-state index contributed by atoms with van der Waals surface area (Å²) in [6.45, 7) is 14.6. The van der Waals surface area contributed by atoms with Crippen LogP contribution in [0, 0.1) is 5.92 Å². The molecule has 0 saturated carbocycles. The first-order valence-corrected chi connectivity index (χ1v) is 8.40. The lowest BCUT2D eigenvalue weighted by molar-refractivity contribution is 0.163. The lowest BCUT2D eigenvalue weighted by Gasteiger charge is -2.35. The van der Waals surface area contributed by atoms with Crippen molar-refractivity contribution in [3.05, 3.63) is 0 Å². The molecule has 0 aromatic heterocycles. The van der Waals surface area contributed by atoms with Crippen LogP contribution in [0.25, 0.3) is 0 Å². The zero-order chi connectivity index (χ0) is 13.7. The third kappa shape index (κ3) is 4.44. The fraction of sp³-hybridized carbons (Fsp3) is 1.00. The molecule has 1 atom stereocenters. The zero-order valence-corrected chi connectivity index (χ0v) is 13.2. The zero-order valence-electron chi connectivity index (χ0n) is 13.2. The van der Waals surface area contributed by atoms with Gasteiger partial charge >= 0.3 is 0 Å². The monoisotopic (exact) mass is 267 g/mol. The summed E-state index contributed by atoms with van der Waals surface area (Å²) in [5, 5.41) is 3.86. The van der Waals surface area contributed by atoms with Crippen molar-refractivity contribution in [1.82, 2.24) is 15.1 Å². The van der Waals surface area contributed by atoms with Gasteiger partial charge in [0.15, 0.2) is 0 Å². The van der Waals surface area contributed by atoms with Gasteiger partial charge in [-0.25, -0.2) is 0 Å². The Morgan fingerprint density at radius 2 is 1.68 bits per heavy atom. The predicted molar refractivity (Wildman–Crippen MR) is 82.6 cm³/mol. The van der Waals surface area contributed by atoms with Crippen molar-refractivity contribution in [2.75, 3.05) is 39.3 Å². The summed E-state index contributed by atoms with van der Waals surface area (Å²) >= 11 is 0. The Labute approximate surface area is 119 Å². The molecule has 112 valence electrons. The molecule has 3 nitrogen and oxygen atoms in total. The predicted octanol–water partition coefficient (Wildman–Crippen LogP) is 2.18. The second-order valence-corrected chi connectivity index (χ2v) is 6.67. The number of nitrogens with zero attached hydrogens (tertiary/aromatic N) is 2. The fourth-order valence-corrected chi connectivity index (χ4v) is 3.60. The van der Waals surface area contributed by atoms with E-state index in [1.165, 1.54) is 65.0 Å². The number of piperidine rings is 1. The van der Waals surface area contributed by atoms with E-state index in [9.17, 15) is 0 Å². The lowest BCUT2D eigenvalue weighted by Crippen LogP contribution is -2.49.